The number of anilines is 1. The fourth-order valence-electron chi connectivity index (χ4n) is 1.84. The lowest BCUT2D eigenvalue weighted by molar-refractivity contribution is 0.0593. The van der Waals surface area contributed by atoms with Crippen molar-refractivity contribution in [2.45, 2.75) is 0 Å². The van der Waals surface area contributed by atoms with Gasteiger partial charge in [0.1, 0.15) is 6.07 Å². The van der Waals surface area contributed by atoms with Crippen molar-refractivity contribution in [2.75, 3.05) is 12.8 Å². The number of nitrogens with zero attached hydrogens (tertiary/aromatic N) is 2. The Kier molecular flexibility index (Phi) is 4.14. The van der Waals surface area contributed by atoms with Crippen LogP contribution < -0.4 is 5.73 Å². The zero-order valence-electron chi connectivity index (χ0n) is 11.0. The van der Waals surface area contributed by atoms with Crippen molar-refractivity contribution in [2.24, 2.45) is 0 Å². The van der Waals surface area contributed by atoms with Gasteiger partial charge in [-0.15, -0.1) is 0 Å². The second-order valence-electron chi connectivity index (χ2n) is 4.10. The summed E-state index contributed by atoms with van der Waals surface area (Å²) in [5.74, 6) is -4.88. The Labute approximate surface area is 130 Å². The first-order valence-electron chi connectivity index (χ1n) is 5.66. The van der Waals surface area contributed by atoms with E-state index in [1.807, 2.05) is 0 Å². The quantitative estimate of drug-likeness (QED) is 0.498. The molecule has 0 aliphatic heterocycles. The molecule has 114 valence electrons. The second-order valence-corrected chi connectivity index (χ2v) is 4.89. The van der Waals surface area contributed by atoms with E-state index in [9.17, 15) is 18.0 Å². The first kappa shape index (κ1) is 15.9. The number of ether oxygens (including phenoxy) is 1. The highest BCUT2D eigenvalue weighted by Crippen LogP contribution is 2.31. The summed E-state index contributed by atoms with van der Waals surface area (Å²) >= 11 is 2.58. The second kappa shape index (κ2) is 5.73. The normalized spacial score (nSPS) is 10.4. The number of rotatable bonds is 2. The fraction of sp³-hybridized carbons (Fsp3) is 0.0769. The van der Waals surface area contributed by atoms with Gasteiger partial charge in [0.2, 0.25) is 0 Å². The number of carbonyl (C=O) groups excluding carboxylic acids is 1. The van der Waals surface area contributed by atoms with E-state index in [1.54, 1.807) is 6.07 Å². The van der Waals surface area contributed by atoms with Gasteiger partial charge in [-0.1, -0.05) is 0 Å². The van der Waals surface area contributed by atoms with Crippen LogP contribution in [0.5, 0.6) is 0 Å². The third-order valence-electron chi connectivity index (χ3n) is 2.89. The Morgan fingerprint density at radius 1 is 1.41 bits per heavy atom. The van der Waals surface area contributed by atoms with E-state index in [1.165, 1.54) is 0 Å². The molecule has 22 heavy (non-hydrogen) atoms. The van der Waals surface area contributed by atoms with Crippen LogP contribution in [-0.2, 0) is 4.74 Å². The number of esters is 1. The van der Waals surface area contributed by atoms with E-state index in [2.05, 4.69) is 20.7 Å². The SMILES string of the molecule is COC(=O)c1c(N)c(C#N)cn1-c1cc(F)c(F)c(Br)c1F. The van der Waals surface area contributed by atoms with Crippen LogP contribution in [0.15, 0.2) is 16.7 Å². The molecule has 0 unspecified atom stereocenters. The van der Waals surface area contributed by atoms with Crippen molar-refractivity contribution in [3.05, 3.63) is 45.4 Å². The molecule has 1 aromatic heterocycles. The van der Waals surface area contributed by atoms with Gasteiger partial charge in [-0.3, -0.25) is 0 Å². The number of nitriles is 1. The van der Waals surface area contributed by atoms with Crippen LogP contribution in [0.3, 0.4) is 0 Å². The van der Waals surface area contributed by atoms with E-state index >= 15 is 0 Å². The summed E-state index contributed by atoms with van der Waals surface area (Å²) in [6.07, 6.45) is 1.03. The first-order chi connectivity index (χ1) is 10.3. The van der Waals surface area contributed by atoms with Gasteiger partial charge in [-0.25, -0.2) is 18.0 Å². The number of hydrogen-bond acceptors (Lipinski definition) is 4. The van der Waals surface area contributed by atoms with Crippen LogP contribution in [0.2, 0.25) is 0 Å². The molecular weight excluding hydrogens is 367 g/mol. The summed E-state index contributed by atoms with van der Waals surface area (Å²) < 4.78 is 45.6. The van der Waals surface area contributed by atoms with Crippen LogP contribution >= 0.6 is 15.9 Å². The topological polar surface area (TPSA) is 81.0 Å². The van der Waals surface area contributed by atoms with Gasteiger partial charge in [0.15, 0.2) is 23.1 Å². The van der Waals surface area contributed by atoms with E-state index in [0.717, 1.165) is 17.9 Å². The van der Waals surface area contributed by atoms with Crippen molar-refractivity contribution >= 4 is 27.6 Å². The summed E-state index contributed by atoms with van der Waals surface area (Å²) in [4.78, 5) is 11.8. The zero-order valence-corrected chi connectivity index (χ0v) is 12.5. The van der Waals surface area contributed by atoms with Crippen LogP contribution in [0.25, 0.3) is 5.69 Å². The highest BCUT2D eigenvalue weighted by atomic mass is 79.9. The van der Waals surface area contributed by atoms with Crippen molar-refractivity contribution in [1.82, 2.24) is 4.57 Å². The molecule has 0 aliphatic rings. The summed E-state index contributed by atoms with van der Waals surface area (Å²) in [7, 11) is 1.06. The lowest BCUT2D eigenvalue weighted by Gasteiger charge is -2.11. The summed E-state index contributed by atoms with van der Waals surface area (Å²) in [6.45, 7) is 0. The van der Waals surface area contributed by atoms with Crippen molar-refractivity contribution in [1.29, 1.82) is 5.26 Å². The highest BCUT2D eigenvalue weighted by molar-refractivity contribution is 9.10. The predicted octanol–water partition coefficient (Wildman–Crippen LogP) is 2.90. The summed E-state index contributed by atoms with van der Waals surface area (Å²) in [6, 6.07) is 2.25. The van der Waals surface area contributed by atoms with Crippen LogP contribution in [0.1, 0.15) is 16.1 Å². The van der Waals surface area contributed by atoms with E-state index in [-0.39, 0.29) is 16.9 Å². The van der Waals surface area contributed by atoms with Crippen molar-refractivity contribution < 1.29 is 22.7 Å². The number of halogens is 4. The smallest absolute Gasteiger partial charge is 0.357 e. The van der Waals surface area contributed by atoms with E-state index in [4.69, 9.17) is 11.0 Å². The average Bonchev–Trinajstić information content (AvgIpc) is 2.84. The minimum Gasteiger partial charge on any atom is -0.464 e. The zero-order chi connectivity index (χ0) is 16.6. The molecule has 2 rings (SSSR count). The molecule has 0 bridgehead atoms. The molecule has 9 heteroatoms. The lowest BCUT2D eigenvalue weighted by Crippen LogP contribution is -2.12. The Balaban J connectivity index is 2.85. The van der Waals surface area contributed by atoms with Crippen molar-refractivity contribution in [3.8, 4) is 11.8 Å². The number of hydrogen-bond donors (Lipinski definition) is 1. The third kappa shape index (κ3) is 2.31. The summed E-state index contributed by atoms with van der Waals surface area (Å²) in [5.41, 5.74) is 4.38. The molecule has 0 atom stereocenters. The number of aromatic nitrogens is 1. The minimum absolute atomic E-state index is 0.138. The van der Waals surface area contributed by atoms with Gasteiger partial charge < -0.3 is 15.0 Å². The maximum Gasteiger partial charge on any atom is 0.357 e. The van der Waals surface area contributed by atoms with Gasteiger partial charge in [-0.05, 0) is 15.9 Å². The van der Waals surface area contributed by atoms with E-state index < -0.39 is 33.6 Å². The molecule has 1 heterocycles. The summed E-state index contributed by atoms with van der Waals surface area (Å²) in [5, 5.41) is 8.95. The fourth-order valence-corrected chi connectivity index (χ4v) is 2.23. The molecule has 2 N–H and O–H groups in total. The van der Waals surface area contributed by atoms with Crippen LogP contribution in [0, 0.1) is 28.8 Å². The molecule has 2 aromatic rings. The Bertz CT molecular complexity index is 827. The molecule has 5 nitrogen and oxygen atoms in total. The van der Waals surface area contributed by atoms with Crippen LogP contribution in [-0.4, -0.2) is 17.6 Å². The monoisotopic (exact) mass is 373 g/mol. The Hall–Kier alpha value is -2.47. The maximum atomic E-state index is 14.2. The lowest BCUT2D eigenvalue weighted by atomic mass is 10.2. The molecule has 0 fully saturated rings. The molecule has 0 saturated carbocycles. The molecule has 0 aliphatic carbocycles. The molecule has 0 saturated heterocycles. The number of benzene rings is 1. The molecule has 1 aromatic carbocycles. The molecule has 0 radical (unpaired) electrons. The molecule has 0 amide bonds. The predicted molar refractivity (Wildman–Crippen MR) is 73.8 cm³/mol. The van der Waals surface area contributed by atoms with Crippen molar-refractivity contribution in [3.63, 3.8) is 0 Å². The highest BCUT2D eigenvalue weighted by Gasteiger charge is 2.26. The van der Waals surface area contributed by atoms with Gasteiger partial charge in [0.05, 0.1) is 28.5 Å². The van der Waals surface area contributed by atoms with E-state index in [0.29, 0.717) is 6.07 Å². The van der Waals surface area contributed by atoms with Crippen LogP contribution in [0.4, 0.5) is 18.9 Å². The van der Waals surface area contributed by atoms with Gasteiger partial charge >= 0.3 is 5.97 Å². The maximum absolute atomic E-state index is 14.2. The molecule has 0 spiro atoms. The Morgan fingerprint density at radius 2 is 2.05 bits per heavy atom. The first-order valence-corrected chi connectivity index (χ1v) is 6.45. The molecular formula is C13H7BrF3N3O2. The number of nitrogen functional groups attached to an aromatic ring is 1. The van der Waals surface area contributed by atoms with Gasteiger partial charge in [0, 0.05) is 12.3 Å². The number of methoxy groups -OCH3 is 1. The third-order valence-corrected chi connectivity index (χ3v) is 3.58. The van der Waals surface area contributed by atoms with Gasteiger partial charge in [-0.2, -0.15) is 5.26 Å². The van der Waals surface area contributed by atoms with Gasteiger partial charge in [0.25, 0.3) is 0 Å². The minimum atomic E-state index is -1.42. The number of nitrogens with two attached hydrogens (primary N) is 1. The average molecular weight is 374 g/mol. The number of carbonyl (C=O) groups is 1. The standard InChI is InChI=1S/C13H7BrF3N3O2/c1-22-13(21)12-11(19)5(3-18)4-20(12)7-2-6(15)9(16)8(14)10(7)17/h2,4H,19H2,1H3. The Morgan fingerprint density at radius 3 is 2.59 bits per heavy atom. The largest absolute Gasteiger partial charge is 0.464 e.